The Labute approximate surface area is 150 Å². The lowest BCUT2D eigenvalue weighted by Gasteiger charge is -2.21. The summed E-state index contributed by atoms with van der Waals surface area (Å²) in [5.41, 5.74) is 0.948. The molecule has 1 heterocycles. The number of halogens is 2. The van der Waals surface area contributed by atoms with Crippen molar-refractivity contribution in [2.45, 2.75) is 26.3 Å². The minimum Gasteiger partial charge on any atom is -0.308 e. The lowest BCUT2D eigenvalue weighted by atomic mass is 10.1. The van der Waals surface area contributed by atoms with Gasteiger partial charge in [-0.2, -0.15) is 0 Å². The molecule has 1 aromatic heterocycles. The van der Waals surface area contributed by atoms with Crippen molar-refractivity contribution in [3.63, 3.8) is 0 Å². The minimum absolute atomic E-state index is 0.0278. The molecule has 0 unspecified atom stereocenters. The van der Waals surface area contributed by atoms with Gasteiger partial charge in [0.25, 0.3) is 5.56 Å². The van der Waals surface area contributed by atoms with E-state index < -0.39 is 5.82 Å². The van der Waals surface area contributed by atoms with Crippen molar-refractivity contribution >= 4 is 22.5 Å². The van der Waals surface area contributed by atoms with Gasteiger partial charge in [0.1, 0.15) is 11.6 Å². The Bertz CT molecular complexity index is 971. The third-order valence-corrected chi connectivity index (χ3v) is 4.42. The summed E-state index contributed by atoms with van der Waals surface area (Å²) in [6.45, 7) is 4.77. The highest BCUT2D eigenvalue weighted by Gasteiger charge is 2.19. The van der Waals surface area contributed by atoms with Gasteiger partial charge in [-0.3, -0.25) is 9.36 Å². The summed E-state index contributed by atoms with van der Waals surface area (Å²) in [6, 6.07) is 11.4. The summed E-state index contributed by atoms with van der Waals surface area (Å²) >= 11 is 5.93. The van der Waals surface area contributed by atoms with Crippen molar-refractivity contribution in [2.24, 2.45) is 0 Å². The lowest BCUT2D eigenvalue weighted by Crippen LogP contribution is -2.31. The predicted molar refractivity (Wildman–Crippen MR) is 99.0 cm³/mol. The zero-order chi connectivity index (χ0) is 18.0. The average Bonchev–Trinajstić information content (AvgIpc) is 2.62. The van der Waals surface area contributed by atoms with Gasteiger partial charge in [0.2, 0.25) is 0 Å². The first-order valence-corrected chi connectivity index (χ1v) is 8.65. The predicted octanol–water partition coefficient (Wildman–Crippen LogP) is 4.24. The molecule has 3 rings (SSSR count). The van der Waals surface area contributed by atoms with E-state index in [2.05, 4.69) is 5.32 Å². The maximum absolute atomic E-state index is 13.6. The smallest absolute Gasteiger partial charge is 0.266 e. The molecule has 1 N–H and O–H groups in total. The van der Waals surface area contributed by atoms with Gasteiger partial charge in [0.05, 0.1) is 27.7 Å². The summed E-state index contributed by atoms with van der Waals surface area (Å²) in [5, 5.41) is 3.83. The molecule has 0 aliphatic carbocycles. The zero-order valence-corrected chi connectivity index (χ0v) is 14.8. The van der Waals surface area contributed by atoms with E-state index in [1.54, 1.807) is 18.2 Å². The van der Waals surface area contributed by atoms with E-state index in [0.717, 1.165) is 13.0 Å². The number of aromatic nitrogens is 2. The van der Waals surface area contributed by atoms with E-state index in [9.17, 15) is 9.18 Å². The van der Waals surface area contributed by atoms with Crippen LogP contribution in [0, 0.1) is 5.82 Å². The lowest BCUT2D eigenvalue weighted by molar-refractivity contribution is 0.498. The van der Waals surface area contributed by atoms with E-state index in [1.165, 1.54) is 16.7 Å². The Morgan fingerprint density at radius 2 is 2.00 bits per heavy atom. The van der Waals surface area contributed by atoms with Gasteiger partial charge in [0.15, 0.2) is 0 Å². The Kier molecular flexibility index (Phi) is 5.16. The standard InChI is InChI=1S/C19H19ClFN3O/c1-3-16(22-4-2)18-23-17-8-6-5-7-13(17)19(25)24(18)12-9-10-15(21)14(20)11-12/h5-11,16,22H,3-4H2,1-2H3/t16-/m1/s1. The first-order chi connectivity index (χ1) is 12.1. The van der Waals surface area contributed by atoms with Crippen molar-refractivity contribution in [1.29, 1.82) is 0 Å². The third kappa shape index (κ3) is 3.30. The normalized spacial score (nSPS) is 12.5. The van der Waals surface area contributed by atoms with Gasteiger partial charge in [-0.05, 0) is 43.3 Å². The van der Waals surface area contributed by atoms with Crippen LogP contribution in [-0.2, 0) is 0 Å². The van der Waals surface area contributed by atoms with Crippen LogP contribution in [-0.4, -0.2) is 16.1 Å². The van der Waals surface area contributed by atoms with Gasteiger partial charge in [0, 0.05) is 0 Å². The molecule has 1 atom stereocenters. The molecule has 0 aliphatic rings. The number of para-hydroxylation sites is 1. The van der Waals surface area contributed by atoms with Crippen LogP contribution in [0.5, 0.6) is 0 Å². The molecule has 130 valence electrons. The molecule has 0 amide bonds. The number of hydrogen-bond acceptors (Lipinski definition) is 3. The van der Waals surface area contributed by atoms with Crippen LogP contribution in [0.2, 0.25) is 5.02 Å². The van der Waals surface area contributed by atoms with Crippen LogP contribution < -0.4 is 10.9 Å². The summed E-state index contributed by atoms with van der Waals surface area (Å²) in [5.74, 6) is 0.0724. The molecule has 0 saturated carbocycles. The maximum Gasteiger partial charge on any atom is 0.266 e. The molecule has 6 heteroatoms. The molecule has 4 nitrogen and oxygen atoms in total. The molecule has 0 aliphatic heterocycles. The molecule has 0 fully saturated rings. The van der Waals surface area contributed by atoms with Gasteiger partial charge in [-0.1, -0.05) is 37.6 Å². The Morgan fingerprint density at radius 1 is 1.24 bits per heavy atom. The van der Waals surface area contributed by atoms with Crippen molar-refractivity contribution in [3.05, 3.63) is 69.5 Å². The molecule has 2 aromatic carbocycles. The Balaban J connectivity index is 2.35. The number of fused-ring (bicyclic) bond motifs is 1. The summed E-state index contributed by atoms with van der Waals surface area (Å²) in [4.78, 5) is 17.8. The highest BCUT2D eigenvalue weighted by Crippen LogP contribution is 2.23. The van der Waals surface area contributed by atoms with Crippen LogP contribution >= 0.6 is 11.6 Å². The van der Waals surface area contributed by atoms with Crippen LogP contribution in [0.4, 0.5) is 4.39 Å². The van der Waals surface area contributed by atoms with Crippen LogP contribution in [0.3, 0.4) is 0 Å². The molecule has 0 radical (unpaired) electrons. The van der Waals surface area contributed by atoms with Gasteiger partial charge in [-0.25, -0.2) is 9.37 Å². The van der Waals surface area contributed by atoms with Crippen molar-refractivity contribution in [3.8, 4) is 5.69 Å². The number of rotatable bonds is 5. The molecule has 0 bridgehead atoms. The largest absolute Gasteiger partial charge is 0.308 e. The number of nitrogens with zero attached hydrogens (tertiary/aromatic N) is 2. The highest BCUT2D eigenvalue weighted by molar-refractivity contribution is 6.30. The fourth-order valence-electron chi connectivity index (χ4n) is 2.92. The highest BCUT2D eigenvalue weighted by atomic mass is 35.5. The Hall–Kier alpha value is -2.24. The average molecular weight is 360 g/mol. The van der Waals surface area contributed by atoms with Crippen LogP contribution in [0.25, 0.3) is 16.6 Å². The fourth-order valence-corrected chi connectivity index (χ4v) is 3.10. The molecule has 3 aromatic rings. The summed E-state index contributed by atoms with van der Waals surface area (Å²) < 4.78 is 15.1. The molecule has 25 heavy (non-hydrogen) atoms. The number of benzene rings is 2. The van der Waals surface area contributed by atoms with Gasteiger partial charge in [-0.15, -0.1) is 0 Å². The summed E-state index contributed by atoms with van der Waals surface area (Å²) in [6.07, 6.45) is 0.757. The molecule has 0 saturated heterocycles. The number of nitrogens with one attached hydrogen (secondary N) is 1. The molecular formula is C19H19ClFN3O. The zero-order valence-electron chi connectivity index (χ0n) is 14.1. The van der Waals surface area contributed by atoms with Gasteiger partial charge < -0.3 is 5.32 Å². The molecular weight excluding hydrogens is 341 g/mol. The number of hydrogen-bond donors (Lipinski definition) is 1. The van der Waals surface area contributed by atoms with E-state index in [1.807, 2.05) is 26.0 Å². The van der Waals surface area contributed by atoms with E-state index >= 15 is 0 Å². The monoisotopic (exact) mass is 359 g/mol. The van der Waals surface area contributed by atoms with Crippen molar-refractivity contribution < 1.29 is 4.39 Å². The minimum atomic E-state index is -0.521. The first-order valence-electron chi connectivity index (χ1n) is 8.27. The van der Waals surface area contributed by atoms with E-state index in [0.29, 0.717) is 22.4 Å². The second kappa shape index (κ2) is 7.33. The van der Waals surface area contributed by atoms with E-state index in [4.69, 9.17) is 16.6 Å². The quantitative estimate of drug-likeness (QED) is 0.741. The van der Waals surface area contributed by atoms with E-state index in [-0.39, 0.29) is 16.6 Å². The van der Waals surface area contributed by atoms with Crippen LogP contribution in [0.1, 0.15) is 32.1 Å². The van der Waals surface area contributed by atoms with Crippen LogP contribution in [0.15, 0.2) is 47.3 Å². The third-order valence-electron chi connectivity index (χ3n) is 4.13. The Morgan fingerprint density at radius 3 is 2.68 bits per heavy atom. The second-order valence-electron chi connectivity index (χ2n) is 5.74. The topological polar surface area (TPSA) is 46.9 Å². The SMILES string of the molecule is CCN[C@H](CC)c1nc2ccccc2c(=O)n1-c1ccc(F)c(Cl)c1. The van der Waals surface area contributed by atoms with Crippen molar-refractivity contribution in [1.82, 2.24) is 14.9 Å². The maximum atomic E-state index is 13.6. The van der Waals surface area contributed by atoms with Crippen molar-refractivity contribution in [2.75, 3.05) is 6.54 Å². The first kappa shape index (κ1) is 17.6. The fraction of sp³-hybridized carbons (Fsp3) is 0.263. The second-order valence-corrected chi connectivity index (χ2v) is 6.15. The van der Waals surface area contributed by atoms with Gasteiger partial charge >= 0.3 is 0 Å². The molecule has 0 spiro atoms. The summed E-state index contributed by atoms with van der Waals surface area (Å²) in [7, 11) is 0.